The van der Waals surface area contributed by atoms with Crippen LogP contribution in [0.4, 0.5) is 0 Å². The third kappa shape index (κ3) is 3.63. The van der Waals surface area contributed by atoms with Crippen LogP contribution in [0, 0.1) is 0 Å². The van der Waals surface area contributed by atoms with Gasteiger partial charge in [-0.1, -0.05) is 0 Å². The van der Waals surface area contributed by atoms with E-state index in [1.807, 2.05) is 0 Å². The molecule has 0 aromatic rings. The summed E-state index contributed by atoms with van der Waals surface area (Å²) in [5, 5.41) is 0. The van der Waals surface area contributed by atoms with Crippen molar-refractivity contribution >= 4 is 6.29 Å². The van der Waals surface area contributed by atoms with Gasteiger partial charge < -0.3 is 10.5 Å². The van der Waals surface area contributed by atoms with E-state index >= 15 is 0 Å². The maximum absolute atomic E-state index is 9.38. The normalized spacial score (nSPS) is 14.0. The van der Waals surface area contributed by atoms with E-state index in [4.69, 9.17) is 5.73 Å². The summed E-state index contributed by atoms with van der Waals surface area (Å²) in [4.78, 5) is 9.38. The fourth-order valence-corrected chi connectivity index (χ4v) is 0. The molecule has 0 aliphatic heterocycles. The molecule has 0 bridgehead atoms. The molecule has 0 saturated heterocycles. The highest BCUT2D eigenvalue weighted by molar-refractivity contribution is 5.55. The van der Waals surface area contributed by atoms with E-state index in [0.29, 0.717) is 6.29 Å². The molecular formula is C3H7NO. The Morgan fingerprint density at radius 1 is 2.00 bits per heavy atom. The Balaban J connectivity index is 2.83. The lowest BCUT2D eigenvalue weighted by molar-refractivity contribution is -0.108. The smallest absolute Gasteiger partial charge is 0.136 e. The molecule has 0 amide bonds. The quantitative estimate of drug-likeness (QED) is 0.434. The van der Waals surface area contributed by atoms with Crippen LogP contribution in [-0.4, -0.2) is 12.3 Å². The van der Waals surface area contributed by atoms with Crippen LogP contribution >= 0.6 is 0 Å². The lowest BCUT2D eigenvalue weighted by atomic mass is 10.8. The van der Waals surface area contributed by atoms with Crippen molar-refractivity contribution in [2.45, 2.75) is 13.0 Å². The first kappa shape index (κ1) is 4.63. The average molecular weight is 81.1 g/mol. The Kier molecular flexibility index (Phi) is 1.76. The summed E-state index contributed by atoms with van der Waals surface area (Å²) in [6.45, 7) is 1.63. The highest BCUT2D eigenvalue weighted by Gasteiger charge is 1.79. The summed E-state index contributed by atoms with van der Waals surface area (Å²) in [5.74, 6) is 0. The number of carbonyl (C=O) groups is 1. The van der Waals surface area contributed by atoms with E-state index < -0.39 is 0 Å². The van der Waals surface area contributed by atoms with Crippen molar-refractivity contribution in [3.05, 3.63) is 0 Å². The Hall–Kier alpha value is -0.370. The SMILES string of the molecule is C[C@@H](N)[20CH]=O. The molecule has 2 heteroatoms. The Morgan fingerprint density at radius 3 is 2.20 bits per heavy atom. The van der Waals surface area contributed by atoms with Crippen LogP contribution in [0.2, 0.25) is 0 Å². The fraction of sp³-hybridized carbons (Fsp3) is 0.667. The van der Waals surface area contributed by atoms with Gasteiger partial charge in [0.1, 0.15) is 6.29 Å². The average Bonchev–Trinajstić information content (AvgIpc) is 1.38. The number of rotatable bonds is 1. The first-order valence-electron chi connectivity index (χ1n) is 1.48. The Bertz CT molecular complexity index is 33.9. The second kappa shape index (κ2) is 1.91. The van der Waals surface area contributed by atoms with Gasteiger partial charge in [0, 0.05) is 0 Å². The number of carbonyl (C=O) groups excluding carboxylic acids is 1. The lowest BCUT2D eigenvalue weighted by Gasteiger charge is -1.80. The molecule has 2 N–H and O–H groups in total. The van der Waals surface area contributed by atoms with Crippen LogP contribution in [0.15, 0.2) is 0 Å². The van der Waals surface area contributed by atoms with Crippen molar-refractivity contribution in [2.75, 3.05) is 0 Å². The Morgan fingerprint density at radius 2 is 2.20 bits per heavy atom. The molecule has 0 aliphatic rings. The highest BCUT2D eigenvalue weighted by Crippen LogP contribution is 1.55. The molecular weight excluding hydrogens is 74.1 g/mol. The molecule has 0 heterocycles. The number of hydrogen-bond donors (Lipinski definition) is 1. The molecule has 0 aliphatic carbocycles. The van der Waals surface area contributed by atoms with Crippen molar-refractivity contribution in [1.82, 2.24) is 0 Å². The summed E-state index contributed by atoms with van der Waals surface area (Å²) in [5.41, 5.74) is 4.92. The van der Waals surface area contributed by atoms with Gasteiger partial charge in [-0.05, 0) is 6.92 Å². The van der Waals surface area contributed by atoms with Crippen LogP contribution in [0.5, 0.6) is 0 Å². The molecule has 0 saturated carbocycles. The number of nitrogens with two attached hydrogens (primary N) is 1. The summed E-state index contributed by atoms with van der Waals surface area (Å²) in [6, 6.07) is -0.296. The van der Waals surface area contributed by atoms with Gasteiger partial charge in [0.25, 0.3) is 0 Å². The first-order valence-corrected chi connectivity index (χ1v) is 1.48. The summed E-state index contributed by atoms with van der Waals surface area (Å²) in [7, 11) is 0. The van der Waals surface area contributed by atoms with Gasteiger partial charge in [0.2, 0.25) is 0 Å². The second-order valence-corrected chi connectivity index (χ2v) is 0.995. The zero-order chi connectivity index (χ0) is 4.28. The van der Waals surface area contributed by atoms with E-state index in [9.17, 15) is 4.79 Å². The largest absolute Gasteiger partial charge is 0.322 e. The van der Waals surface area contributed by atoms with Gasteiger partial charge in [0.05, 0.1) is 6.04 Å². The van der Waals surface area contributed by atoms with E-state index in [2.05, 4.69) is 0 Å². The minimum absolute atomic E-state index is 0.296. The molecule has 1 atom stereocenters. The minimum atomic E-state index is -0.296. The first-order chi connectivity index (χ1) is 2.27. The van der Waals surface area contributed by atoms with E-state index in [1.165, 1.54) is 0 Å². The fourth-order valence-electron chi connectivity index (χ4n) is 0. The van der Waals surface area contributed by atoms with Crippen molar-refractivity contribution in [3.63, 3.8) is 0 Å². The Labute approximate surface area is 31.0 Å². The molecule has 30 valence electrons. The maximum Gasteiger partial charge on any atom is 0.136 e. The summed E-state index contributed by atoms with van der Waals surface area (Å²) in [6.07, 6.45) is 0.694. The van der Waals surface area contributed by atoms with Gasteiger partial charge >= 0.3 is 0 Å². The predicted molar refractivity (Wildman–Crippen MR) is 19.7 cm³/mol. The van der Waals surface area contributed by atoms with Crippen LogP contribution in [0.3, 0.4) is 0 Å². The van der Waals surface area contributed by atoms with Gasteiger partial charge in [-0.25, -0.2) is 0 Å². The van der Waals surface area contributed by atoms with Gasteiger partial charge in [-0.3, -0.25) is 0 Å². The van der Waals surface area contributed by atoms with Crippen LogP contribution < -0.4 is 5.73 Å². The zero-order valence-electron chi connectivity index (χ0n) is 3.14. The van der Waals surface area contributed by atoms with Crippen LogP contribution in [0.25, 0.3) is 0 Å². The van der Waals surface area contributed by atoms with Crippen LogP contribution in [0.1, 0.15) is 6.92 Å². The molecule has 0 spiro atoms. The standard InChI is InChI=1S/C3H7NO/c1-3(4)2-5/h2-3H,4H2,1H3/t3-/m1/s1/i2+8. The molecule has 0 rings (SSSR count). The molecule has 0 aromatic heterocycles. The van der Waals surface area contributed by atoms with Gasteiger partial charge in [-0.15, -0.1) is 0 Å². The van der Waals surface area contributed by atoms with Crippen molar-refractivity contribution in [1.29, 1.82) is 0 Å². The number of aldehydes is 1. The predicted octanol–water partition coefficient (Wildman–Crippen LogP) is -0.468. The monoisotopic (exact) mass is 81.1 g/mol. The van der Waals surface area contributed by atoms with E-state index in [1.54, 1.807) is 6.92 Å². The molecule has 0 unspecified atom stereocenters. The lowest BCUT2D eigenvalue weighted by Crippen LogP contribution is -2.15. The molecule has 0 fully saturated rings. The third-order valence-electron chi connectivity index (χ3n) is 0.215. The van der Waals surface area contributed by atoms with E-state index in [0.717, 1.165) is 0 Å². The second-order valence-electron chi connectivity index (χ2n) is 0.995. The molecule has 5 heavy (non-hydrogen) atoms. The van der Waals surface area contributed by atoms with E-state index in [-0.39, 0.29) is 6.04 Å². The molecule has 0 radical (unpaired) electrons. The van der Waals surface area contributed by atoms with Crippen molar-refractivity contribution in [2.24, 2.45) is 5.73 Å². The summed E-state index contributed by atoms with van der Waals surface area (Å²) < 4.78 is 0. The van der Waals surface area contributed by atoms with Gasteiger partial charge in [0.15, 0.2) is 0 Å². The zero-order valence-corrected chi connectivity index (χ0v) is 3.14. The minimum Gasteiger partial charge on any atom is -0.322 e. The molecule has 0 aromatic carbocycles. The van der Waals surface area contributed by atoms with Gasteiger partial charge in [-0.2, -0.15) is 0 Å². The highest BCUT2D eigenvalue weighted by atomic mass is 20.3. The topological polar surface area (TPSA) is 43.1 Å². The number of hydrogen-bond acceptors (Lipinski definition) is 2. The summed E-state index contributed by atoms with van der Waals surface area (Å²) >= 11 is 0. The van der Waals surface area contributed by atoms with Crippen LogP contribution in [-0.2, 0) is 4.79 Å². The third-order valence-corrected chi connectivity index (χ3v) is 0.215. The molecule has 2 nitrogen and oxygen atoms in total. The van der Waals surface area contributed by atoms with Crippen molar-refractivity contribution in [3.8, 4) is 0 Å². The maximum atomic E-state index is 9.38. The van der Waals surface area contributed by atoms with Crippen molar-refractivity contribution < 1.29 is 4.79 Å².